The van der Waals surface area contributed by atoms with Gasteiger partial charge in [0.2, 0.25) is 0 Å². The minimum absolute atomic E-state index is 0.0705. The number of aromatic nitrogens is 1. The highest BCUT2D eigenvalue weighted by Gasteiger charge is 2.38. The van der Waals surface area contributed by atoms with Crippen LogP contribution in [0.2, 0.25) is 19.6 Å². The second-order valence-electron chi connectivity index (χ2n) is 10.9. The molecule has 0 spiro atoms. The molecular formula is C30H28BrNSi. The SMILES string of the molecule is CC1(C)c2cc(Br)ccc2-c2ccc3c(c21)c1cc([Si](C)(C)C)ccc1n3-c1ccccc1. The fraction of sp³-hybridized carbons (Fsp3) is 0.200. The van der Waals surface area contributed by atoms with Gasteiger partial charge in [-0.2, -0.15) is 0 Å². The summed E-state index contributed by atoms with van der Waals surface area (Å²) in [6.07, 6.45) is 0. The van der Waals surface area contributed by atoms with Crippen molar-refractivity contribution in [3.8, 4) is 16.8 Å². The molecule has 0 aliphatic heterocycles. The summed E-state index contributed by atoms with van der Waals surface area (Å²) < 4.78 is 3.60. The zero-order chi connectivity index (χ0) is 23.1. The number of fused-ring (bicyclic) bond motifs is 7. The van der Waals surface area contributed by atoms with Crippen LogP contribution in [0.3, 0.4) is 0 Å². The molecule has 0 saturated carbocycles. The van der Waals surface area contributed by atoms with Gasteiger partial charge in [-0.1, -0.05) is 97.1 Å². The predicted molar refractivity (Wildman–Crippen MR) is 149 cm³/mol. The van der Waals surface area contributed by atoms with Crippen LogP contribution in [0, 0.1) is 0 Å². The lowest BCUT2D eigenvalue weighted by molar-refractivity contribution is 0.666. The number of rotatable bonds is 2. The van der Waals surface area contributed by atoms with Gasteiger partial charge in [0.15, 0.2) is 0 Å². The Balaban J connectivity index is 1.81. The Morgan fingerprint density at radius 3 is 2.18 bits per heavy atom. The summed E-state index contributed by atoms with van der Waals surface area (Å²) in [4.78, 5) is 0. The van der Waals surface area contributed by atoms with E-state index in [1.165, 1.54) is 54.9 Å². The van der Waals surface area contributed by atoms with Crippen molar-refractivity contribution in [2.75, 3.05) is 0 Å². The fourth-order valence-electron chi connectivity index (χ4n) is 5.71. The standard InChI is InChI=1S/C30H28BrNSi/c1-30(2)25-17-19(31)11-13-22(25)23-14-16-27-28(29(23)30)24-18-21(33(3,4)5)12-15-26(24)32(27)20-9-7-6-8-10-20/h6-18H,1-5H3. The highest BCUT2D eigenvalue weighted by Crippen LogP contribution is 2.53. The van der Waals surface area contributed by atoms with E-state index in [9.17, 15) is 0 Å². The van der Waals surface area contributed by atoms with Crippen LogP contribution in [0.1, 0.15) is 25.0 Å². The molecule has 1 aliphatic carbocycles. The number of benzene rings is 4. The number of hydrogen-bond acceptors (Lipinski definition) is 0. The minimum atomic E-state index is -1.46. The van der Waals surface area contributed by atoms with E-state index in [0.717, 1.165) is 4.47 Å². The summed E-state index contributed by atoms with van der Waals surface area (Å²) >= 11 is 3.72. The first-order chi connectivity index (χ1) is 15.7. The number of nitrogens with zero attached hydrogens (tertiary/aromatic N) is 1. The summed E-state index contributed by atoms with van der Waals surface area (Å²) in [7, 11) is -1.46. The average Bonchev–Trinajstić information content (AvgIpc) is 3.22. The maximum Gasteiger partial charge on any atom is 0.0776 e. The molecular weight excluding hydrogens is 482 g/mol. The van der Waals surface area contributed by atoms with Crippen molar-refractivity contribution in [3.05, 3.63) is 94.5 Å². The van der Waals surface area contributed by atoms with Gasteiger partial charge in [0.1, 0.15) is 0 Å². The van der Waals surface area contributed by atoms with Crippen molar-refractivity contribution in [1.29, 1.82) is 0 Å². The smallest absolute Gasteiger partial charge is 0.0776 e. The van der Waals surface area contributed by atoms with E-state index in [2.05, 4.69) is 133 Å². The Labute approximate surface area is 205 Å². The molecule has 0 atom stereocenters. The summed E-state index contributed by atoms with van der Waals surface area (Å²) in [6, 6.07) is 29.5. The van der Waals surface area contributed by atoms with Crippen molar-refractivity contribution in [2.45, 2.75) is 38.9 Å². The molecule has 0 N–H and O–H groups in total. The molecule has 1 aromatic heterocycles. The monoisotopic (exact) mass is 509 g/mol. The van der Waals surface area contributed by atoms with Gasteiger partial charge in [0, 0.05) is 26.3 Å². The summed E-state index contributed by atoms with van der Waals surface area (Å²) in [6.45, 7) is 12.1. The molecule has 1 nitrogen and oxygen atoms in total. The molecule has 0 unspecified atom stereocenters. The van der Waals surface area contributed by atoms with E-state index in [4.69, 9.17) is 0 Å². The molecule has 1 heterocycles. The quantitative estimate of drug-likeness (QED) is 0.210. The molecule has 33 heavy (non-hydrogen) atoms. The first-order valence-electron chi connectivity index (χ1n) is 11.7. The molecule has 0 amide bonds. The summed E-state index contributed by atoms with van der Waals surface area (Å²) in [5, 5.41) is 4.30. The highest BCUT2D eigenvalue weighted by atomic mass is 79.9. The molecule has 5 aromatic rings. The van der Waals surface area contributed by atoms with Crippen LogP contribution < -0.4 is 5.19 Å². The highest BCUT2D eigenvalue weighted by molar-refractivity contribution is 9.10. The van der Waals surface area contributed by atoms with E-state index in [1.54, 1.807) is 0 Å². The maximum absolute atomic E-state index is 3.72. The molecule has 4 aromatic carbocycles. The van der Waals surface area contributed by atoms with Gasteiger partial charge in [-0.05, 0) is 58.7 Å². The Hall–Kier alpha value is -2.62. The minimum Gasteiger partial charge on any atom is -0.309 e. The number of halogens is 1. The van der Waals surface area contributed by atoms with Gasteiger partial charge < -0.3 is 4.57 Å². The van der Waals surface area contributed by atoms with Crippen LogP contribution >= 0.6 is 15.9 Å². The fourth-order valence-corrected chi connectivity index (χ4v) is 7.23. The molecule has 164 valence electrons. The zero-order valence-electron chi connectivity index (χ0n) is 19.8. The largest absolute Gasteiger partial charge is 0.309 e. The molecule has 3 heteroatoms. The van der Waals surface area contributed by atoms with E-state index in [0.29, 0.717) is 0 Å². The average molecular weight is 511 g/mol. The van der Waals surface area contributed by atoms with E-state index in [-0.39, 0.29) is 5.41 Å². The van der Waals surface area contributed by atoms with Gasteiger partial charge in [-0.3, -0.25) is 0 Å². The number of para-hydroxylation sites is 1. The number of hydrogen-bond donors (Lipinski definition) is 0. The van der Waals surface area contributed by atoms with Crippen LogP contribution in [0.15, 0.2) is 83.3 Å². The summed E-state index contributed by atoms with van der Waals surface area (Å²) in [5.74, 6) is 0. The maximum atomic E-state index is 3.72. The van der Waals surface area contributed by atoms with Crippen LogP contribution in [-0.2, 0) is 5.41 Å². The molecule has 0 bridgehead atoms. The topological polar surface area (TPSA) is 4.93 Å². The Kier molecular flexibility index (Phi) is 4.41. The molecule has 0 radical (unpaired) electrons. The molecule has 1 aliphatic rings. The Morgan fingerprint density at radius 2 is 1.45 bits per heavy atom. The lowest BCUT2D eigenvalue weighted by Crippen LogP contribution is -2.37. The third-order valence-electron chi connectivity index (χ3n) is 7.38. The third-order valence-corrected chi connectivity index (χ3v) is 9.92. The van der Waals surface area contributed by atoms with Crippen molar-refractivity contribution >= 4 is 51.0 Å². The lowest BCUT2D eigenvalue weighted by atomic mass is 9.80. The van der Waals surface area contributed by atoms with Crippen LogP contribution in [-0.4, -0.2) is 12.6 Å². The molecule has 0 fully saturated rings. The normalized spacial score (nSPS) is 14.6. The van der Waals surface area contributed by atoms with E-state index < -0.39 is 8.07 Å². The first kappa shape index (κ1) is 20.9. The van der Waals surface area contributed by atoms with E-state index >= 15 is 0 Å². The van der Waals surface area contributed by atoms with Gasteiger partial charge in [0.25, 0.3) is 0 Å². The van der Waals surface area contributed by atoms with Crippen LogP contribution in [0.25, 0.3) is 38.6 Å². The zero-order valence-corrected chi connectivity index (χ0v) is 22.4. The molecule has 0 saturated heterocycles. The van der Waals surface area contributed by atoms with Crippen molar-refractivity contribution < 1.29 is 0 Å². The van der Waals surface area contributed by atoms with Gasteiger partial charge in [-0.25, -0.2) is 0 Å². The second kappa shape index (κ2) is 6.94. The van der Waals surface area contributed by atoms with Crippen molar-refractivity contribution in [1.82, 2.24) is 4.57 Å². The lowest BCUT2D eigenvalue weighted by Gasteiger charge is -2.23. The van der Waals surface area contributed by atoms with Crippen LogP contribution in [0.5, 0.6) is 0 Å². The Morgan fingerprint density at radius 1 is 0.758 bits per heavy atom. The van der Waals surface area contributed by atoms with E-state index in [1.807, 2.05) is 0 Å². The van der Waals surface area contributed by atoms with Gasteiger partial charge in [-0.15, -0.1) is 0 Å². The summed E-state index contributed by atoms with van der Waals surface area (Å²) in [5.41, 5.74) is 9.33. The predicted octanol–water partition coefficient (Wildman–Crippen LogP) is 8.40. The Bertz CT molecular complexity index is 1570. The van der Waals surface area contributed by atoms with Crippen LogP contribution in [0.4, 0.5) is 0 Å². The van der Waals surface area contributed by atoms with Gasteiger partial charge >= 0.3 is 0 Å². The first-order valence-corrected chi connectivity index (χ1v) is 16.0. The second-order valence-corrected chi connectivity index (χ2v) is 16.8. The van der Waals surface area contributed by atoms with Gasteiger partial charge in [0.05, 0.1) is 19.1 Å². The van der Waals surface area contributed by atoms with Crippen molar-refractivity contribution in [2.24, 2.45) is 0 Å². The van der Waals surface area contributed by atoms with Crippen molar-refractivity contribution in [3.63, 3.8) is 0 Å². The molecule has 6 rings (SSSR count). The third kappa shape index (κ3) is 2.95.